The molecule has 2 rings (SSSR count). The molecular weight excluding hydrogens is 266 g/mol. The second kappa shape index (κ2) is 5.88. The van der Waals surface area contributed by atoms with Crippen molar-refractivity contribution in [2.45, 2.75) is 19.3 Å². The molecule has 1 aromatic heterocycles. The lowest BCUT2D eigenvalue weighted by Crippen LogP contribution is -2.30. The van der Waals surface area contributed by atoms with Gasteiger partial charge < -0.3 is 14.7 Å². The molecule has 102 valence electrons. The number of aromatic carboxylic acids is 1. The zero-order chi connectivity index (χ0) is 13.8. The lowest BCUT2D eigenvalue weighted by atomic mass is 10.3. The predicted molar refractivity (Wildman–Crippen MR) is 71.5 cm³/mol. The van der Waals surface area contributed by atoms with Gasteiger partial charge >= 0.3 is 5.97 Å². The third-order valence-corrected chi connectivity index (χ3v) is 3.88. The Hall–Kier alpha value is -1.82. The topological polar surface area (TPSA) is 66.8 Å². The number of nitrogens with zero attached hydrogens (tertiary/aromatic N) is 1. The number of carboxylic acids is 1. The van der Waals surface area contributed by atoms with Crippen LogP contribution >= 0.6 is 11.3 Å². The molecular formula is C13H15NO4S. The SMILES string of the molecule is CN(C(=O)COc1ccsc1C(=O)O)C1=CCCC1. The molecule has 1 heterocycles. The van der Waals surface area contributed by atoms with Crippen LogP contribution in [0.4, 0.5) is 0 Å². The first-order valence-corrected chi connectivity index (χ1v) is 6.86. The molecule has 1 aliphatic rings. The Morgan fingerprint density at radius 1 is 1.53 bits per heavy atom. The van der Waals surface area contributed by atoms with Gasteiger partial charge in [0.25, 0.3) is 5.91 Å². The molecule has 1 aromatic rings. The van der Waals surface area contributed by atoms with Gasteiger partial charge in [-0.3, -0.25) is 4.79 Å². The van der Waals surface area contributed by atoms with Crippen molar-refractivity contribution < 1.29 is 19.4 Å². The number of rotatable bonds is 5. The van der Waals surface area contributed by atoms with E-state index in [0.29, 0.717) is 0 Å². The minimum Gasteiger partial charge on any atom is -0.482 e. The fourth-order valence-electron chi connectivity index (χ4n) is 1.92. The smallest absolute Gasteiger partial charge is 0.349 e. The van der Waals surface area contributed by atoms with Crippen molar-refractivity contribution in [1.82, 2.24) is 4.90 Å². The Labute approximate surface area is 115 Å². The highest BCUT2D eigenvalue weighted by Crippen LogP contribution is 2.25. The maximum Gasteiger partial charge on any atom is 0.349 e. The fraction of sp³-hybridized carbons (Fsp3) is 0.385. The molecule has 0 radical (unpaired) electrons. The minimum atomic E-state index is -1.04. The van der Waals surface area contributed by atoms with Crippen LogP contribution in [0.1, 0.15) is 28.9 Å². The van der Waals surface area contributed by atoms with E-state index in [1.165, 1.54) is 0 Å². The first-order chi connectivity index (χ1) is 9.09. The van der Waals surface area contributed by atoms with Crippen LogP contribution in [-0.4, -0.2) is 35.5 Å². The van der Waals surface area contributed by atoms with Gasteiger partial charge in [-0.05, 0) is 30.7 Å². The maximum atomic E-state index is 11.9. The lowest BCUT2D eigenvalue weighted by Gasteiger charge is -2.18. The van der Waals surface area contributed by atoms with Crippen LogP contribution in [0.2, 0.25) is 0 Å². The second-order valence-corrected chi connectivity index (χ2v) is 5.16. The quantitative estimate of drug-likeness (QED) is 0.899. The van der Waals surface area contributed by atoms with E-state index < -0.39 is 5.97 Å². The summed E-state index contributed by atoms with van der Waals surface area (Å²) < 4.78 is 5.29. The van der Waals surface area contributed by atoms with Crippen molar-refractivity contribution in [3.63, 3.8) is 0 Å². The molecule has 1 amide bonds. The van der Waals surface area contributed by atoms with Crippen LogP contribution < -0.4 is 4.74 Å². The Balaban J connectivity index is 1.93. The minimum absolute atomic E-state index is 0.121. The van der Waals surface area contributed by atoms with Gasteiger partial charge in [-0.2, -0.15) is 0 Å². The summed E-state index contributed by atoms with van der Waals surface area (Å²) in [4.78, 5) is 24.5. The number of hydrogen-bond donors (Lipinski definition) is 1. The largest absolute Gasteiger partial charge is 0.482 e. The highest BCUT2D eigenvalue weighted by Gasteiger charge is 2.18. The molecule has 6 heteroatoms. The highest BCUT2D eigenvalue weighted by molar-refractivity contribution is 7.12. The van der Waals surface area contributed by atoms with E-state index in [0.717, 1.165) is 36.3 Å². The predicted octanol–water partition coefficient (Wildman–Crippen LogP) is 2.35. The molecule has 0 bridgehead atoms. The fourth-order valence-corrected chi connectivity index (χ4v) is 2.59. The van der Waals surface area contributed by atoms with Crippen molar-refractivity contribution in [2.75, 3.05) is 13.7 Å². The Kier molecular flexibility index (Phi) is 4.21. The number of thiophene rings is 1. The van der Waals surface area contributed by atoms with Crippen molar-refractivity contribution >= 4 is 23.2 Å². The van der Waals surface area contributed by atoms with Crippen molar-refractivity contribution in [3.8, 4) is 5.75 Å². The number of carboxylic acid groups (broad SMARTS) is 1. The molecule has 0 aliphatic heterocycles. The van der Waals surface area contributed by atoms with Crippen LogP contribution in [0.25, 0.3) is 0 Å². The van der Waals surface area contributed by atoms with Crippen LogP contribution in [0.15, 0.2) is 23.2 Å². The summed E-state index contributed by atoms with van der Waals surface area (Å²) in [6.45, 7) is -0.148. The van der Waals surface area contributed by atoms with Gasteiger partial charge in [0.1, 0.15) is 5.75 Å². The van der Waals surface area contributed by atoms with Crippen molar-refractivity contribution in [3.05, 3.63) is 28.1 Å². The van der Waals surface area contributed by atoms with E-state index in [4.69, 9.17) is 9.84 Å². The normalized spacial score (nSPS) is 14.1. The van der Waals surface area contributed by atoms with E-state index in [2.05, 4.69) is 0 Å². The number of hydrogen-bond acceptors (Lipinski definition) is 4. The lowest BCUT2D eigenvalue weighted by molar-refractivity contribution is -0.130. The summed E-state index contributed by atoms with van der Waals surface area (Å²) in [6.07, 6.45) is 5.02. The van der Waals surface area contributed by atoms with Gasteiger partial charge in [-0.1, -0.05) is 6.08 Å². The third kappa shape index (κ3) is 3.14. The second-order valence-electron chi connectivity index (χ2n) is 4.25. The van der Waals surface area contributed by atoms with Gasteiger partial charge in [-0.15, -0.1) is 11.3 Å². The van der Waals surface area contributed by atoms with E-state index in [1.54, 1.807) is 23.4 Å². The van der Waals surface area contributed by atoms with E-state index >= 15 is 0 Å². The summed E-state index contributed by atoms with van der Waals surface area (Å²) in [5, 5.41) is 10.6. The zero-order valence-electron chi connectivity index (χ0n) is 10.6. The highest BCUT2D eigenvalue weighted by atomic mass is 32.1. The molecule has 0 spiro atoms. The molecule has 0 aromatic carbocycles. The van der Waals surface area contributed by atoms with Gasteiger partial charge in [0, 0.05) is 12.7 Å². The molecule has 0 atom stereocenters. The number of carbonyl (C=O) groups is 2. The van der Waals surface area contributed by atoms with Crippen molar-refractivity contribution in [2.24, 2.45) is 0 Å². The van der Waals surface area contributed by atoms with Crippen molar-refractivity contribution in [1.29, 1.82) is 0 Å². The zero-order valence-corrected chi connectivity index (χ0v) is 11.4. The first-order valence-electron chi connectivity index (χ1n) is 5.98. The summed E-state index contributed by atoms with van der Waals surface area (Å²) in [5.74, 6) is -0.959. The number of allylic oxidation sites excluding steroid dienone is 2. The number of amides is 1. The van der Waals surface area contributed by atoms with Gasteiger partial charge in [0.2, 0.25) is 0 Å². The standard InChI is InChI=1S/C13H15NO4S/c1-14(9-4-2-3-5-9)11(15)8-18-10-6-7-19-12(10)13(16)17/h4,6-7H,2-3,5,8H2,1H3,(H,16,17). The molecule has 0 unspecified atom stereocenters. The maximum absolute atomic E-state index is 11.9. The summed E-state index contributed by atoms with van der Waals surface area (Å²) >= 11 is 1.08. The Morgan fingerprint density at radius 3 is 2.95 bits per heavy atom. The van der Waals surface area contributed by atoms with Crippen LogP contribution in [0, 0.1) is 0 Å². The molecule has 0 saturated carbocycles. The average molecular weight is 281 g/mol. The molecule has 0 fully saturated rings. The van der Waals surface area contributed by atoms with Gasteiger partial charge in [0.05, 0.1) is 0 Å². The number of carbonyl (C=O) groups excluding carboxylic acids is 1. The molecule has 5 nitrogen and oxygen atoms in total. The number of likely N-dealkylation sites (N-methyl/N-ethyl adjacent to an activating group) is 1. The van der Waals surface area contributed by atoms with Crippen LogP contribution in [-0.2, 0) is 4.79 Å². The summed E-state index contributed by atoms with van der Waals surface area (Å²) in [6, 6.07) is 1.57. The van der Waals surface area contributed by atoms with Gasteiger partial charge in [-0.25, -0.2) is 4.79 Å². The van der Waals surface area contributed by atoms with E-state index in [9.17, 15) is 9.59 Å². The van der Waals surface area contributed by atoms with Crippen LogP contribution in [0.3, 0.4) is 0 Å². The average Bonchev–Trinajstić information content (AvgIpc) is 3.05. The molecule has 0 saturated heterocycles. The van der Waals surface area contributed by atoms with E-state index in [-0.39, 0.29) is 23.1 Å². The summed E-state index contributed by atoms with van der Waals surface area (Å²) in [7, 11) is 1.72. The van der Waals surface area contributed by atoms with E-state index in [1.807, 2.05) is 6.08 Å². The third-order valence-electron chi connectivity index (χ3n) is 3.00. The molecule has 1 N–H and O–H groups in total. The monoisotopic (exact) mass is 281 g/mol. The Bertz CT molecular complexity index is 520. The van der Waals surface area contributed by atoms with Gasteiger partial charge in [0.15, 0.2) is 11.5 Å². The van der Waals surface area contributed by atoms with Crippen LogP contribution in [0.5, 0.6) is 5.75 Å². The number of ether oxygens (including phenoxy) is 1. The molecule has 1 aliphatic carbocycles. The first kappa shape index (κ1) is 13.6. The Morgan fingerprint density at radius 2 is 2.32 bits per heavy atom. The molecule has 19 heavy (non-hydrogen) atoms. The summed E-state index contributed by atoms with van der Waals surface area (Å²) in [5.41, 5.74) is 1.01.